The third kappa shape index (κ3) is 6.53. The van der Waals surface area contributed by atoms with Crippen LogP contribution in [0.2, 0.25) is 0 Å². The van der Waals surface area contributed by atoms with Crippen LogP contribution in [0, 0.1) is 7.43 Å². The normalized spacial score (nSPS) is 14.1. The molecule has 0 atom stereocenters. The van der Waals surface area contributed by atoms with E-state index in [2.05, 4.69) is 6.07 Å². The Labute approximate surface area is 141 Å². The van der Waals surface area contributed by atoms with Crippen molar-refractivity contribution in [3.8, 4) is 0 Å². The second kappa shape index (κ2) is 12.7. The van der Waals surface area contributed by atoms with Gasteiger partial charge in [-0.25, -0.2) is 0 Å². The molecule has 0 aromatic heterocycles. The maximum absolute atomic E-state index is 8.36. The van der Waals surface area contributed by atoms with Gasteiger partial charge in [-0.3, -0.25) is 9.59 Å². The second-order valence-corrected chi connectivity index (χ2v) is 4.78. The third-order valence-corrected chi connectivity index (χ3v) is 3.73. The summed E-state index contributed by atoms with van der Waals surface area (Å²) in [5, 5.41) is 13.8. The summed E-state index contributed by atoms with van der Waals surface area (Å²) < 4.78 is 0. The number of hydrogen-bond acceptors (Lipinski definition) is 2. The van der Waals surface area contributed by atoms with E-state index < -0.39 is 0 Å². The Balaban J connectivity index is 0. The van der Waals surface area contributed by atoms with E-state index in [1.165, 1.54) is 51.4 Å². The van der Waals surface area contributed by atoms with Gasteiger partial charge < -0.3 is 17.6 Å². The molecule has 116 valence electrons. The quantitative estimate of drug-likeness (QED) is 0.436. The van der Waals surface area contributed by atoms with E-state index in [1.807, 2.05) is 0 Å². The van der Waals surface area contributed by atoms with Gasteiger partial charge in [0.2, 0.25) is 0 Å². The second-order valence-electron chi connectivity index (χ2n) is 4.78. The molecule has 3 rings (SSSR count). The van der Waals surface area contributed by atoms with Gasteiger partial charge in [-0.1, -0.05) is 51.4 Å². The Hall–Kier alpha value is -0.996. The number of carboxylic acid groups (broad SMARTS) is 2. The first-order valence-electron chi connectivity index (χ1n) is 6.73. The summed E-state index contributed by atoms with van der Waals surface area (Å²) in [4.78, 5) is 16.7. The molecule has 0 bridgehead atoms. The van der Waals surface area contributed by atoms with Crippen LogP contribution in [0.15, 0.2) is 6.07 Å². The van der Waals surface area contributed by atoms with E-state index in [1.54, 1.807) is 22.3 Å². The minimum absolute atomic E-state index is 0. The zero-order valence-electron chi connectivity index (χ0n) is 12.6. The van der Waals surface area contributed by atoms with Crippen molar-refractivity contribution in [1.29, 1.82) is 0 Å². The van der Waals surface area contributed by atoms with E-state index in [0.717, 1.165) is 0 Å². The Morgan fingerprint density at radius 3 is 1.38 bits per heavy atom. The molecule has 5 heteroatoms. The minimum atomic E-state index is -0.250. The fourth-order valence-electron chi connectivity index (χ4n) is 3.08. The van der Waals surface area contributed by atoms with Crippen LogP contribution in [0.1, 0.15) is 47.9 Å². The van der Waals surface area contributed by atoms with Gasteiger partial charge in [0, 0.05) is 0 Å². The van der Waals surface area contributed by atoms with Gasteiger partial charge in [0.15, 0.2) is 0 Å². The Bertz CT molecular complexity index is 376. The molecule has 0 unspecified atom stereocenters. The Morgan fingerprint density at radius 2 is 1.05 bits per heavy atom. The molecule has 2 aliphatic rings. The molecule has 2 N–H and O–H groups in total. The van der Waals surface area contributed by atoms with Crippen molar-refractivity contribution in [3.63, 3.8) is 0 Å². The first-order valence-corrected chi connectivity index (χ1v) is 6.73. The summed E-state index contributed by atoms with van der Waals surface area (Å²) in [7, 11) is 0. The van der Waals surface area contributed by atoms with Crippen LogP contribution in [0.25, 0.3) is 0 Å². The zero-order valence-corrected chi connectivity index (χ0v) is 14.2. The standard InChI is InChI=1S/C13H17.2CH2O2.CH3.Ti/c1-3-7-12-10(5-1)9-11-6-2-4-8-13(11)12;2*2-1-3;;/h9H,1-8H2;2*1H,(H,2,3);1H3;/q-1;;;-1;+2. The van der Waals surface area contributed by atoms with E-state index in [0.29, 0.717) is 0 Å². The Morgan fingerprint density at radius 1 is 0.762 bits per heavy atom. The molecule has 0 saturated carbocycles. The number of rotatable bonds is 0. The van der Waals surface area contributed by atoms with Gasteiger partial charge in [-0.05, 0) is 0 Å². The van der Waals surface area contributed by atoms with Crippen molar-refractivity contribution in [2.75, 3.05) is 0 Å². The summed E-state index contributed by atoms with van der Waals surface area (Å²) in [6.45, 7) is -0.500. The summed E-state index contributed by atoms with van der Waals surface area (Å²) in [6.07, 6.45) is 11.2. The van der Waals surface area contributed by atoms with Crippen molar-refractivity contribution in [1.82, 2.24) is 0 Å². The molecule has 0 amide bonds. The van der Waals surface area contributed by atoms with Crippen LogP contribution < -0.4 is 0 Å². The zero-order chi connectivity index (χ0) is 14.1. The van der Waals surface area contributed by atoms with Crippen molar-refractivity contribution < 1.29 is 41.5 Å². The average molecular weight is 328 g/mol. The van der Waals surface area contributed by atoms with E-state index >= 15 is 0 Å². The summed E-state index contributed by atoms with van der Waals surface area (Å²) in [5.41, 5.74) is 6.94. The molecule has 0 saturated heterocycles. The van der Waals surface area contributed by atoms with Gasteiger partial charge in [0.25, 0.3) is 12.9 Å². The van der Waals surface area contributed by atoms with E-state index in [-0.39, 0.29) is 42.1 Å². The van der Waals surface area contributed by atoms with E-state index in [4.69, 9.17) is 19.8 Å². The van der Waals surface area contributed by atoms with Gasteiger partial charge in [-0.15, -0.1) is 0 Å². The molecular formula is C16H24O4Ti. The predicted octanol–water partition coefficient (Wildman–Crippen LogP) is 3.01. The third-order valence-electron chi connectivity index (χ3n) is 3.73. The molecule has 0 spiro atoms. The SMILES string of the molecule is O=CO.O=CO.[CH3-].[Ti+2].[cH-]1c2c(c3c1CCCC3)CCCC2. The van der Waals surface area contributed by atoms with Crippen molar-refractivity contribution >= 4 is 12.9 Å². The van der Waals surface area contributed by atoms with Crippen LogP contribution in [-0.2, 0) is 57.0 Å². The molecule has 0 heterocycles. The van der Waals surface area contributed by atoms with Crippen LogP contribution in [0.5, 0.6) is 0 Å². The summed E-state index contributed by atoms with van der Waals surface area (Å²) in [6, 6.07) is 2.52. The smallest absolute Gasteiger partial charge is 0.483 e. The van der Waals surface area contributed by atoms with Crippen LogP contribution >= 0.6 is 0 Å². The first kappa shape index (κ1) is 22.3. The number of carbonyl (C=O) groups is 2. The van der Waals surface area contributed by atoms with Crippen LogP contribution in [-0.4, -0.2) is 23.2 Å². The number of fused-ring (bicyclic) bond motifs is 3. The fraction of sp³-hybridized carbons (Fsp3) is 0.500. The van der Waals surface area contributed by atoms with E-state index in [9.17, 15) is 0 Å². The van der Waals surface area contributed by atoms with Crippen molar-refractivity contribution in [2.24, 2.45) is 0 Å². The molecule has 21 heavy (non-hydrogen) atoms. The van der Waals surface area contributed by atoms with Crippen LogP contribution in [0.4, 0.5) is 0 Å². The fourth-order valence-corrected chi connectivity index (χ4v) is 3.08. The molecule has 1 aromatic rings. The Kier molecular flexibility index (Phi) is 13.5. The van der Waals surface area contributed by atoms with Gasteiger partial charge in [-0.2, -0.15) is 28.3 Å². The molecule has 2 aliphatic carbocycles. The summed E-state index contributed by atoms with van der Waals surface area (Å²) in [5.74, 6) is 0. The van der Waals surface area contributed by atoms with Crippen LogP contribution in [0.3, 0.4) is 0 Å². The molecule has 0 fully saturated rings. The summed E-state index contributed by atoms with van der Waals surface area (Å²) >= 11 is 0. The molecule has 0 radical (unpaired) electrons. The number of aryl methyl sites for hydroxylation is 2. The minimum Gasteiger partial charge on any atom is -0.483 e. The van der Waals surface area contributed by atoms with Gasteiger partial charge >= 0.3 is 21.7 Å². The predicted molar refractivity (Wildman–Crippen MR) is 79.1 cm³/mol. The topological polar surface area (TPSA) is 74.6 Å². The maximum atomic E-state index is 8.36. The average Bonchev–Trinajstić information content (AvgIpc) is 2.79. The molecule has 1 aromatic carbocycles. The van der Waals surface area contributed by atoms with Gasteiger partial charge in [0.1, 0.15) is 0 Å². The first-order chi connectivity index (χ1) is 9.28. The van der Waals surface area contributed by atoms with Gasteiger partial charge in [0.05, 0.1) is 0 Å². The molecule has 0 aliphatic heterocycles. The largest absolute Gasteiger partial charge is 2.00 e. The molecular weight excluding hydrogens is 304 g/mol. The maximum Gasteiger partial charge on any atom is 2.00 e. The number of hydrogen-bond donors (Lipinski definition) is 2. The molecule has 4 nitrogen and oxygen atoms in total. The van der Waals surface area contributed by atoms with Crippen molar-refractivity contribution in [2.45, 2.75) is 51.4 Å². The monoisotopic (exact) mass is 328 g/mol. The van der Waals surface area contributed by atoms with Crippen molar-refractivity contribution in [3.05, 3.63) is 35.7 Å².